The van der Waals surface area contributed by atoms with E-state index in [1.54, 1.807) is 0 Å². The van der Waals surface area contributed by atoms with Crippen molar-refractivity contribution in [2.75, 3.05) is 13.1 Å². The number of halogens is 17. The molecule has 32 heavy (non-hydrogen) atoms. The van der Waals surface area contributed by atoms with Crippen molar-refractivity contribution in [2.45, 2.75) is 60.7 Å². The van der Waals surface area contributed by atoms with E-state index in [0.717, 1.165) is 13.8 Å². The van der Waals surface area contributed by atoms with Crippen molar-refractivity contribution in [3.8, 4) is 0 Å². The molecule has 0 unspecified atom stereocenters. The number of carbonyl (C=O) groups is 1. The van der Waals surface area contributed by atoms with Crippen molar-refractivity contribution in [2.24, 2.45) is 0 Å². The number of hydrogen-bond acceptors (Lipinski definition) is 1. The molecule has 0 saturated heterocycles. The summed E-state index contributed by atoms with van der Waals surface area (Å²) >= 11 is 3.40. The monoisotopic (exact) mass is 535 g/mol. The van der Waals surface area contributed by atoms with Crippen LogP contribution in [0.1, 0.15) is 13.8 Å². The zero-order valence-corrected chi connectivity index (χ0v) is 16.0. The molecule has 0 rings (SSSR count). The lowest BCUT2D eigenvalue weighted by Crippen LogP contribution is -2.75. The molecule has 0 radical (unpaired) electrons. The highest BCUT2D eigenvalue weighted by Gasteiger charge is 2.95. The van der Waals surface area contributed by atoms with Gasteiger partial charge in [-0.05, 0) is 25.4 Å². The highest BCUT2D eigenvalue weighted by atomic mass is 35.5. The number of nitrogens with zero attached hydrogens (tertiary/aromatic N) is 1. The first kappa shape index (κ1) is 30.6. The molecule has 192 valence electrons. The summed E-state index contributed by atoms with van der Waals surface area (Å²) in [7, 11) is 0. The van der Waals surface area contributed by atoms with Crippen LogP contribution in [0.4, 0.5) is 70.2 Å². The van der Waals surface area contributed by atoms with Gasteiger partial charge in [-0.1, -0.05) is 0 Å². The minimum atomic E-state index is -8.58. The summed E-state index contributed by atoms with van der Waals surface area (Å²) in [6.45, 7) is -0.334. The Morgan fingerprint density at radius 1 is 0.562 bits per heavy atom. The van der Waals surface area contributed by atoms with Crippen molar-refractivity contribution in [1.29, 1.82) is 0 Å². The maximum atomic E-state index is 13.7. The molecule has 0 aromatic heterocycles. The number of amides is 1. The quantitative estimate of drug-likeness (QED) is 0.243. The van der Waals surface area contributed by atoms with Crippen LogP contribution in [0.3, 0.4) is 0 Å². The summed E-state index contributed by atoms with van der Waals surface area (Å²) < 4.78 is 212. The first-order valence-electron chi connectivity index (χ1n) is 7.69. The van der Waals surface area contributed by atoms with E-state index in [9.17, 15) is 75.0 Å². The van der Waals surface area contributed by atoms with Crippen molar-refractivity contribution in [3.05, 3.63) is 0 Å². The van der Waals surface area contributed by atoms with Gasteiger partial charge in [-0.25, -0.2) is 0 Å². The highest BCUT2D eigenvalue weighted by Crippen LogP contribution is 2.64. The Morgan fingerprint density at radius 2 is 0.812 bits per heavy atom. The second-order valence-electron chi connectivity index (χ2n) is 6.00. The second-order valence-corrected chi connectivity index (χ2v) is 6.47. The molecule has 2 nitrogen and oxygen atoms in total. The highest BCUT2D eigenvalue weighted by molar-refractivity contribution is 6.22. The number of carbonyl (C=O) groups excluding carboxylic acids is 1. The Kier molecular flexibility index (Phi) is 7.80. The Morgan fingerprint density at radius 3 is 1.06 bits per heavy atom. The van der Waals surface area contributed by atoms with Gasteiger partial charge in [-0.2, -0.15) is 70.2 Å². The molecule has 0 heterocycles. The van der Waals surface area contributed by atoms with Crippen LogP contribution < -0.4 is 0 Å². The van der Waals surface area contributed by atoms with E-state index >= 15 is 0 Å². The topological polar surface area (TPSA) is 20.3 Å². The van der Waals surface area contributed by atoms with Crippen LogP contribution in [-0.2, 0) is 4.79 Å². The number of hydrogen-bond donors (Lipinski definition) is 0. The van der Waals surface area contributed by atoms with Gasteiger partial charge in [0.25, 0.3) is 5.91 Å². The van der Waals surface area contributed by atoms with Gasteiger partial charge in [0.1, 0.15) is 0 Å². The normalized spacial score (nSPS) is 15.7. The SMILES string of the molecule is CCN(CC)C(=O)C(F)(F)C(F)(F)C(F)(F)C(F)(F)C(F)(F)C(F)(F)C(F)(F)C(F)(F)Cl. The van der Waals surface area contributed by atoms with Crippen LogP contribution in [0.25, 0.3) is 0 Å². The predicted octanol–water partition coefficient (Wildman–Crippen LogP) is 6.13. The lowest BCUT2D eigenvalue weighted by Gasteiger charge is -2.43. The summed E-state index contributed by atoms with van der Waals surface area (Å²) in [5.74, 6) is -59.9. The van der Waals surface area contributed by atoms with Crippen LogP contribution in [0.5, 0.6) is 0 Å². The van der Waals surface area contributed by atoms with Gasteiger partial charge in [0.05, 0.1) is 0 Å². The van der Waals surface area contributed by atoms with Gasteiger partial charge in [-0.3, -0.25) is 4.79 Å². The fourth-order valence-electron chi connectivity index (χ4n) is 2.01. The zero-order chi connectivity index (χ0) is 26.6. The number of rotatable bonds is 10. The molecule has 0 aliphatic rings. The Labute approximate surface area is 172 Å². The lowest BCUT2D eigenvalue weighted by molar-refractivity contribution is -0.446. The largest absolute Gasteiger partial charge is 0.393 e. The molecule has 0 saturated carbocycles. The van der Waals surface area contributed by atoms with E-state index in [0.29, 0.717) is 0 Å². The van der Waals surface area contributed by atoms with Gasteiger partial charge in [0.2, 0.25) is 0 Å². The third-order valence-corrected chi connectivity index (χ3v) is 4.28. The van der Waals surface area contributed by atoms with Crippen LogP contribution >= 0.6 is 11.6 Å². The molecule has 0 aromatic rings. The minimum Gasteiger partial charge on any atom is -0.338 e. The standard InChI is InChI=1S/C13H10ClF16NO/c1-3-31(4-2)5(32)6(15,16)7(17,18)8(19,20)9(21,22)10(23,24)11(25,26)12(27,28)13(14,29)30/h3-4H2,1-2H3. The molecule has 0 aliphatic carbocycles. The lowest BCUT2D eigenvalue weighted by atomic mass is 9.89. The van der Waals surface area contributed by atoms with Crippen LogP contribution in [-0.4, -0.2) is 70.7 Å². The maximum Gasteiger partial charge on any atom is 0.393 e. The van der Waals surface area contributed by atoms with Crippen molar-refractivity contribution in [1.82, 2.24) is 4.90 Å². The molecule has 0 aliphatic heterocycles. The fourth-order valence-corrected chi connectivity index (χ4v) is 2.13. The van der Waals surface area contributed by atoms with Gasteiger partial charge < -0.3 is 4.90 Å². The molecule has 0 N–H and O–H groups in total. The molecule has 19 heteroatoms. The third kappa shape index (κ3) is 3.82. The average Bonchev–Trinajstić information content (AvgIpc) is 2.60. The molecule has 0 spiro atoms. The summed E-state index contributed by atoms with van der Waals surface area (Å²) in [6.07, 6.45) is 0. The Bertz CT molecular complexity index is 697. The fraction of sp³-hybridized carbons (Fsp3) is 0.923. The second kappa shape index (κ2) is 8.14. The smallest absolute Gasteiger partial charge is 0.338 e. The Balaban J connectivity index is 6.82. The summed E-state index contributed by atoms with van der Waals surface area (Å²) in [5.41, 5.74) is 0. The molecule has 1 amide bonds. The van der Waals surface area contributed by atoms with Crippen molar-refractivity contribution in [3.63, 3.8) is 0 Å². The van der Waals surface area contributed by atoms with Crippen molar-refractivity contribution >= 4 is 17.5 Å². The van der Waals surface area contributed by atoms with Crippen LogP contribution in [0.15, 0.2) is 0 Å². The molecule has 0 bridgehead atoms. The van der Waals surface area contributed by atoms with Crippen molar-refractivity contribution < 1.29 is 75.0 Å². The molecular weight excluding hydrogens is 526 g/mol. The molecular formula is C13H10ClF16NO. The van der Waals surface area contributed by atoms with Gasteiger partial charge in [0, 0.05) is 13.1 Å². The Hall–Kier alpha value is -1.36. The first-order chi connectivity index (χ1) is 13.7. The van der Waals surface area contributed by atoms with Gasteiger partial charge >= 0.3 is 46.8 Å². The molecule has 0 atom stereocenters. The third-order valence-electron chi connectivity index (χ3n) is 4.04. The van der Waals surface area contributed by atoms with E-state index in [4.69, 9.17) is 0 Å². The van der Waals surface area contributed by atoms with E-state index in [2.05, 4.69) is 11.6 Å². The zero-order valence-electron chi connectivity index (χ0n) is 15.2. The van der Waals surface area contributed by atoms with Crippen LogP contribution in [0.2, 0.25) is 0 Å². The molecule has 0 aromatic carbocycles. The first-order valence-corrected chi connectivity index (χ1v) is 8.07. The van der Waals surface area contributed by atoms with Gasteiger partial charge in [-0.15, -0.1) is 0 Å². The van der Waals surface area contributed by atoms with Gasteiger partial charge in [0.15, 0.2) is 0 Å². The maximum absolute atomic E-state index is 13.7. The minimum absolute atomic E-state index is 0.378. The summed E-state index contributed by atoms with van der Waals surface area (Å²) in [5, 5.41) is -6.84. The van der Waals surface area contributed by atoms with Crippen LogP contribution in [0, 0.1) is 0 Å². The average molecular weight is 536 g/mol. The van der Waals surface area contributed by atoms with E-state index in [1.807, 2.05) is 0 Å². The number of alkyl halides is 17. The predicted molar refractivity (Wildman–Crippen MR) is 73.4 cm³/mol. The molecule has 0 fully saturated rings. The van der Waals surface area contributed by atoms with E-state index in [-0.39, 0.29) is 4.90 Å². The summed E-state index contributed by atoms with van der Waals surface area (Å²) in [6, 6.07) is 0. The van der Waals surface area contributed by atoms with E-state index in [1.165, 1.54) is 0 Å². The van der Waals surface area contributed by atoms with E-state index < -0.39 is 65.8 Å². The summed E-state index contributed by atoms with van der Waals surface area (Å²) in [4.78, 5) is 11.0.